The van der Waals surface area contributed by atoms with E-state index in [1.807, 2.05) is 43.5 Å². The Bertz CT molecular complexity index is 1530. The summed E-state index contributed by atoms with van der Waals surface area (Å²) in [6.07, 6.45) is 2.52. The Hall–Kier alpha value is -4.22. The van der Waals surface area contributed by atoms with Gasteiger partial charge in [0, 0.05) is 23.6 Å². The first-order valence-corrected chi connectivity index (χ1v) is 12.4. The molecule has 0 amide bonds. The quantitative estimate of drug-likeness (QED) is 0.277. The number of nitrogens with zero attached hydrogens (tertiary/aromatic N) is 4. The number of pyridine rings is 1. The Labute approximate surface area is 213 Å². The Morgan fingerprint density at radius 3 is 2.61 bits per heavy atom. The van der Waals surface area contributed by atoms with Crippen molar-refractivity contribution in [2.24, 2.45) is 0 Å². The number of nitrogens with one attached hydrogen (secondary N) is 1. The molecule has 5 aromatic rings. The van der Waals surface area contributed by atoms with Crippen LogP contribution in [-0.4, -0.2) is 32.7 Å². The SMILES string of the molecule is CC#CC(Cc1nn[nH]n1)c1ccc(OCc2cc3c(-c4ccc(OC)cc4C)csc3cn2)cc1. The van der Waals surface area contributed by atoms with E-state index in [-0.39, 0.29) is 5.92 Å². The third kappa shape index (κ3) is 5.07. The van der Waals surface area contributed by atoms with Crippen molar-refractivity contribution in [3.63, 3.8) is 0 Å². The summed E-state index contributed by atoms with van der Waals surface area (Å²) in [5.74, 6) is 8.50. The zero-order chi connectivity index (χ0) is 24.9. The molecule has 2 aromatic carbocycles. The fourth-order valence-corrected chi connectivity index (χ4v) is 5.07. The van der Waals surface area contributed by atoms with Crippen LogP contribution in [0.1, 0.15) is 35.5 Å². The van der Waals surface area contributed by atoms with Gasteiger partial charge in [0.1, 0.15) is 18.1 Å². The van der Waals surface area contributed by atoms with Crippen LogP contribution in [0.5, 0.6) is 11.5 Å². The molecule has 1 N–H and O–H groups in total. The fourth-order valence-electron chi connectivity index (χ4n) is 4.16. The maximum Gasteiger partial charge on any atom is 0.176 e. The number of fused-ring (bicyclic) bond motifs is 1. The first-order valence-electron chi connectivity index (χ1n) is 11.5. The van der Waals surface area contributed by atoms with E-state index in [1.54, 1.807) is 18.4 Å². The van der Waals surface area contributed by atoms with Crippen LogP contribution in [-0.2, 0) is 13.0 Å². The summed E-state index contributed by atoms with van der Waals surface area (Å²) in [6, 6.07) is 16.3. The largest absolute Gasteiger partial charge is 0.497 e. The van der Waals surface area contributed by atoms with Crippen LogP contribution in [0.25, 0.3) is 21.2 Å². The Balaban J connectivity index is 1.31. The molecule has 5 rings (SSSR count). The van der Waals surface area contributed by atoms with E-state index >= 15 is 0 Å². The van der Waals surface area contributed by atoms with Gasteiger partial charge in [0.25, 0.3) is 0 Å². The minimum Gasteiger partial charge on any atom is -0.497 e. The highest BCUT2D eigenvalue weighted by Crippen LogP contribution is 2.36. The zero-order valence-electron chi connectivity index (χ0n) is 20.3. The lowest BCUT2D eigenvalue weighted by Gasteiger charge is -2.11. The molecule has 0 bridgehead atoms. The maximum absolute atomic E-state index is 6.07. The summed E-state index contributed by atoms with van der Waals surface area (Å²) in [4.78, 5) is 4.62. The molecule has 3 heterocycles. The molecular formula is C28H25N5O2S. The number of ether oxygens (including phenoxy) is 2. The van der Waals surface area contributed by atoms with Gasteiger partial charge in [-0.3, -0.25) is 4.98 Å². The van der Waals surface area contributed by atoms with Gasteiger partial charge < -0.3 is 9.47 Å². The number of hydrogen-bond donors (Lipinski definition) is 1. The maximum atomic E-state index is 6.07. The summed E-state index contributed by atoms with van der Waals surface area (Å²) in [5, 5.41) is 17.6. The number of benzene rings is 2. The summed E-state index contributed by atoms with van der Waals surface area (Å²) in [6.45, 7) is 4.32. The highest BCUT2D eigenvalue weighted by Gasteiger charge is 2.14. The summed E-state index contributed by atoms with van der Waals surface area (Å²) < 4.78 is 12.6. The molecule has 0 aliphatic heterocycles. The van der Waals surface area contributed by atoms with Crippen molar-refractivity contribution in [2.45, 2.75) is 32.8 Å². The van der Waals surface area contributed by atoms with Crippen molar-refractivity contribution in [1.82, 2.24) is 25.6 Å². The average Bonchev–Trinajstić information content (AvgIpc) is 3.57. The lowest BCUT2D eigenvalue weighted by molar-refractivity contribution is 0.301. The first kappa shape index (κ1) is 23.5. The van der Waals surface area contributed by atoms with E-state index in [0.717, 1.165) is 27.5 Å². The molecule has 180 valence electrons. The second-order valence-electron chi connectivity index (χ2n) is 8.34. The number of hydrogen-bond acceptors (Lipinski definition) is 7. The van der Waals surface area contributed by atoms with Crippen LogP contribution in [0, 0.1) is 18.8 Å². The molecule has 0 aliphatic rings. The zero-order valence-corrected chi connectivity index (χ0v) is 21.1. The molecule has 8 heteroatoms. The van der Waals surface area contributed by atoms with Crippen molar-refractivity contribution in [2.75, 3.05) is 7.11 Å². The minimum atomic E-state index is -0.0100. The van der Waals surface area contributed by atoms with Crippen molar-refractivity contribution in [3.05, 3.63) is 82.8 Å². The van der Waals surface area contributed by atoms with Crippen LogP contribution >= 0.6 is 11.3 Å². The molecule has 36 heavy (non-hydrogen) atoms. The highest BCUT2D eigenvalue weighted by atomic mass is 32.1. The van der Waals surface area contributed by atoms with Gasteiger partial charge in [0.15, 0.2) is 5.82 Å². The van der Waals surface area contributed by atoms with Crippen molar-refractivity contribution in [3.8, 4) is 34.5 Å². The van der Waals surface area contributed by atoms with Crippen LogP contribution in [0.2, 0.25) is 0 Å². The number of rotatable bonds is 8. The molecular weight excluding hydrogens is 470 g/mol. The number of thiophene rings is 1. The highest BCUT2D eigenvalue weighted by molar-refractivity contribution is 7.17. The van der Waals surface area contributed by atoms with E-state index in [9.17, 15) is 0 Å². The van der Waals surface area contributed by atoms with Crippen molar-refractivity contribution >= 4 is 21.4 Å². The lowest BCUT2D eigenvalue weighted by atomic mass is 9.96. The molecule has 7 nitrogen and oxygen atoms in total. The second kappa shape index (κ2) is 10.6. The predicted molar refractivity (Wildman–Crippen MR) is 141 cm³/mol. The number of aromatic nitrogens is 5. The van der Waals surface area contributed by atoms with Crippen LogP contribution in [0.4, 0.5) is 0 Å². The van der Waals surface area contributed by atoms with E-state index in [2.05, 4.69) is 68.0 Å². The normalized spacial score (nSPS) is 11.6. The van der Waals surface area contributed by atoms with Gasteiger partial charge in [0.05, 0.1) is 23.4 Å². The molecule has 0 aliphatic carbocycles. The van der Waals surface area contributed by atoms with E-state index in [1.165, 1.54) is 22.1 Å². The van der Waals surface area contributed by atoms with Gasteiger partial charge in [-0.1, -0.05) is 29.3 Å². The van der Waals surface area contributed by atoms with Gasteiger partial charge in [-0.25, -0.2) is 0 Å². The molecule has 3 aromatic heterocycles. The first-order chi connectivity index (χ1) is 17.6. The van der Waals surface area contributed by atoms with Gasteiger partial charge in [0.2, 0.25) is 0 Å². The van der Waals surface area contributed by atoms with Gasteiger partial charge >= 0.3 is 0 Å². The topological polar surface area (TPSA) is 85.8 Å². The predicted octanol–water partition coefficient (Wildman–Crippen LogP) is 5.72. The van der Waals surface area contributed by atoms with Crippen LogP contribution < -0.4 is 9.47 Å². The second-order valence-corrected chi connectivity index (χ2v) is 9.25. The minimum absolute atomic E-state index is 0.0100. The summed E-state index contributed by atoms with van der Waals surface area (Å²) in [7, 11) is 1.69. The van der Waals surface area contributed by atoms with Gasteiger partial charge in [-0.05, 0) is 66.2 Å². The van der Waals surface area contributed by atoms with Gasteiger partial charge in [-0.2, -0.15) is 5.21 Å². The Morgan fingerprint density at radius 1 is 1.06 bits per heavy atom. The Kier molecular flexibility index (Phi) is 6.92. The van der Waals surface area contributed by atoms with Crippen LogP contribution in [0.15, 0.2) is 60.1 Å². The number of H-pyrrole nitrogens is 1. The standard InChI is InChI=1S/C28H25N5O2S/c1-4-5-20(13-28-30-32-33-31-28)19-6-8-22(9-7-19)35-16-21-14-25-26(17-36-27(25)15-29-21)24-11-10-23(34-3)12-18(24)2/h6-12,14-15,17,20H,13,16H2,1-3H3,(H,30,31,32,33). The molecule has 1 unspecified atom stereocenters. The number of methoxy groups -OCH3 is 1. The molecule has 1 atom stereocenters. The average molecular weight is 496 g/mol. The van der Waals surface area contributed by atoms with Gasteiger partial charge in [-0.15, -0.1) is 27.5 Å². The monoisotopic (exact) mass is 495 g/mol. The lowest BCUT2D eigenvalue weighted by Crippen LogP contribution is -2.03. The van der Waals surface area contributed by atoms with E-state index in [0.29, 0.717) is 18.9 Å². The van der Waals surface area contributed by atoms with E-state index < -0.39 is 0 Å². The van der Waals surface area contributed by atoms with E-state index in [4.69, 9.17) is 9.47 Å². The smallest absolute Gasteiger partial charge is 0.176 e. The molecule has 0 fully saturated rings. The van der Waals surface area contributed by atoms with Crippen molar-refractivity contribution in [1.29, 1.82) is 0 Å². The third-order valence-electron chi connectivity index (χ3n) is 6.01. The molecule has 0 saturated heterocycles. The molecule has 0 spiro atoms. The fraction of sp³-hybridized carbons (Fsp3) is 0.214. The summed E-state index contributed by atoms with van der Waals surface area (Å²) in [5.41, 5.74) is 5.53. The van der Waals surface area contributed by atoms with Crippen molar-refractivity contribution < 1.29 is 9.47 Å². The molecule has 0 saturated carbocycles. The molecule has 0 radical (unpaired) electrons. The number of aryl methyl sites for hydroxylation is 1. The number of aromatic amines is 1. The van der Waals surface area contributed by atoms with Crippen LogP contribution in [0.3, 0.4) is 0 Å². The third-order valence-corrected chi connectivity index (χ3v) is 6.94. The number of tetrazole rings is 1. The summed E-state index contributed by atoms with van der Waals surface area (Å²) >= 11 is 1.70. The Morgan fingerprint density at radius 2 is 1.89 bits per heavy atom.